The van der Waals surface area contributed by atoms with Crippen molar-refractivity contribution in [3.63, 3.8) is 0 Å². The summed E-state index contributed by atoms with van der Waals surface area (Å²) in [5.41, 5.74) is 0. The topological polar surface area (TPSA) is 53.6 Å². The number of rotatable bonds is 3. The summed E-state index contributed by atoms with van der Waals surface area (Å²) in [6, 6.07) is 0.643. The van der Waals surface area contributed by atoms with Gasteiger partial charge in [-0.2, -0.15) is 0 Å². The predicted molar refractivity (Wildman–Crippen MR) is 61.4 cm³/mol. The largest absolute Gasteiger partial charge is 0.379 e. The number of hydrogen-bond acceptors (Lipinski definition) is 3. The maximum absolute atomic E-state index is 12.0. The van der Waals surface area contributed by atoms with Gasteiger partial charge in [0.2, 0.25) is 0 Å². The third-order valence-electron chi connectivity index (χ3n) is 3.34. The van der Waals surface area contributed by atoms with E-state index in [9.17, 15) is 4.79 Å². The Hall–Kier alpha value is -0.810. The standard InChI is InChI=1S/C11H21N3O2/c1-12-7-10-3-2-5-14(10)11(15)13-9-4-6-16-8-9/h9-10,12H,2-8H2,1H3,(H,13,15). The molecule has 2 aliphatic heterocycles. The monoisotopic (exact) mass is 227 g/mol. The molecule has 2 atom stereocenters. The molecule has 0 aromatic rings. The summed E-state index contributed by atoms with van der Waals surface area (Å²) in [6.45, 7) is 3.20. The minimum atomic E-state index is 0.0771. The predicted octanol–water partition coefficient (Wildman–Crippen LogP) is 0.169. The molecule has 2 unspecified atom stereocenters. The van der Waals surface area contributed by atoms with Crippen LogP contribution in [0.5, 0.6) is 0 Å². The van der Waals surface area contributed by atoms with Gasteiger partial charge in [0.1, 0.15) is 0 Å². The van der Waals surface area contributed by atoms with Crippen LogP contribution in [-0.2, 0) is 4.74 Å². The third kappa shape index (κ3) is 2.65. The second kappa shape index (κ2) is 5.50. The minimum absolute atomic E-state index is 0.0771. The molecule has 5 nitrogen and oxygen atoms in total. The molecular formula is C11H21N3O2. The highest BCUT2D eigenvalue weighted by molar-refractivity contribution is 5.75. The fourth-order valence-electron chi connectivity index (χ4n) is 2.46. The van der Waals surface area contributed by atoms with E-state index in [-0.39, 0.29) is 12.1 Å². The zero-order valence-corrected chi connectivity index (χ0v) is 9.87. The van der Waals surface area contributed by atoms with Crippen LogP contribution in [0.25, 0.3) is 0 Å². The maximum Gasteiger partial charge on any atom is 0.317 e. The fraction of sp³-hybridized carbons (Fsp3) is 0.909. The normalized spacial score (nSPS) is 29.7. The SMILES string of the molecule is CNCC1CCCN1C(=O)NC1CCOC1. The second-order valence-corrected chi connectivity index (χ2v) is 4.56. The zero-order chi connectivity index (χ0) is 11.4. The molecule has 2 fully saturated rings. The Morgan fingerprint density at radius 2 is 2.38 bits per heavy atom. The number of nitrogens with one attached hydrogen (secondary N) is 2. The third-order valence-corrected chi connectivity index (χ3v) is 3.34. The first kappa shape index (κ1) is 11.7. The van der Waals surface area contributed by atoms with Gasteiger partial charge in [-0.05, 0) is 26.3 Å². The van der Waals surface area contributed by atoms with Crippen LogP contribution in [-0.4, -0.2) is 56.4 Å². The van der Waals surface area contributed by atoms with Gasteiger partial charge in [0, 0.05) is 25.7 Å². The molecule has 16 heavy (non-hydrogen) atoms. The summed E-state index contributed by atoms with van der Waals surface area (Å²) in [7, 11) is 1.93. The number of carbonyl (C=O) groups excluding carboxylic acids is 1. The van der Waals surface area contributed by atoms with Gasteiger partial charge in [-0.15, -0.1) is 0 Å². The van der Waals surface area contributed by atoms with E-state index >= 15 is 0 Å². The summed E-state index contributed by atoms with van der Waals surface area (Å²) in [5.74, 6) is 0. The molecule has 92 valence electrons. The molecule has 2 heterocycles. The zero-order valence-electron chi connectivity index (χ0n) is 9.87. The van der Waals surface area contributed by atoms with Crippen LogP contribution < -0.4 is 10.6 Å². The molecular weight excluding hydrogens is 206 g/mol. The number of nitrogens with zero attached hydrogens (tertiary/aromatic N) is 1. The Labute approximate surface area is 96.5 Å². The van der Waals surface area contributed by atoms with E-state index in [0.717, 1.165) is 39.0 Å². The number of urea groups is 1. The molecule has 2 amide bonds. The maximum atomic E-state index is 12.0. The van der Waals surface area contributed by atoms with Crippen LogP contribution in [0, 0.1) is 0 Å². The number of hydrogen-bond donors (Lipinski definition) is 2. The highest BCUT2D eigenvalue weighted by Crippen LogP contribution is 2.17. The number of likely N-dealkylation sites (tertiary alicyclic amines) is 1. The smallest absolute Gasteiger partial charge is 0.317 e. The molecule has 2 saturated heterocycles. The van der Waals surface area contributed by atoms with Crippen molar-refractivity contribution >= 4 is 6.03 Å². The van der Waals surface area contributed by atoms with Gasteiger partial charge >= 0.3 is 6.03 Å². The first-order chi connectivity index (χ1) is 7.81. The summed E-state index contributed by atoms with van der Waals surface area (Å²) in [4.78, 5) is 14.0. The van der Waals surface area contributed by atoms with Gasteiger partial charge in [0.25, 0.3) is 0 Å². The number of amides is 2. The van der Waals surface area contributed by atoms with Gasteiger partial charge < -0.3 is 20.3 Å². The van der Waals surface area contributed by atoms with Crippen molar-refractivity contribution in [3.8, 4) is 0 Å². The average Bonchev–Trinajstić information content (AvgIpc) is 2.89. The molecule has 5 heteroatoms. The lowest BCUT2D eigenvalue weighted by Gasteiger charge is -2.26. The van der Waals surface area contributed by atoms with Crippen LogP contribution in [0.4, 0.5) is 4.79 Å². The molecule has 2 rings (SSSR count). The van der Waals surface area contributed by atoms with Gasteiger partial charge in [-0.3, -0.25) is 0 Å². The highest BCUT2D eigenvalue weighted by Gasteiger charge is 2.29. The molecule has 0 aromatic heterocycles. The van der Waals surface area contributed by atoms with E-state index in [4.69, 9.17) is 4.74 Å². The lowest BCUT2D eigenvalue weighted by molar-refractivity contribution is 0.175. The van der Waals surface area contributed by atoms with Gasteiger partial charge in [0.05, 0.1) is 12.6 Å². The van der Waals surface area contributed by atoms with Crippen LogP contribution in [0.2, 0.25) is 0 Å². The van der Waals surface area contributed by atoms with E-state index in [1.165, 1.54) is 0 Å². The van der Waals surface area contributed by atoms with E-state index in [1.807, 2.05) is 11.9 Å². The van der Waals surface area contributed by atoms with Crippen molar-refractivity contribution < 1.29 is 9.53 Å². The quantitative estimate of drug-likeness (QED) is 0.722. The van der Waals surface area contributed by atoms with Gasteiger partial charge in [-0.25, -0.2) is 4.79 Å². The minimum Gasteiger partial charge on any atom is -0.379 e. The molecule has 0 spiro atoms. The molecule has 0 aromatic carbocycles. The average molecular weight is 227 g/mol. The highest BCUT2D eigenvalue weighted by atomic mass is 16.5. The summed E-state index contributed by atoms with van der Waals surface area (Å²) >= 11 is 0. The summed E-state index contributed by atoms with van der Waals surface area (Å²) < 4.78 is 5.25. The van der Waals surface area contributed by atoms with E-state index in [2.05, 4.69) is 10.6 Å². The van der Waals surface area contributed by atoms with Crippen molar-refractivity contribution in [1.82, 2.24) is 15.5 Å². The van der Waals surface area contributed by atoms with Crippen LogP contribution in [0.1, 0.15) is 19.3 Å². The fourth-order valence-corrected chi connectivity index (χ4v) is 2.46. The summed E-state index contributed by atoms with van der Waals surface area (Å²) in [5, 5.41) is 6.19. The number of carbonyl (C=O) groups is 1. The Morgan fingerprint density at radius 3 is 3.06 bits per heavy atom. The number of ether oxygens (including phenoxy) is 1. The molecule has 0 bridgehead atoms. The van der Waals surface area contributed by atoms with Crippen molar-refractivity contribution in [2.75, 3.05) is 33.4 Å². The van der Waals surface area contributed by atoms with Crippen LogP contribution >= 0.6 is 0 Å². The first-order valence-corrected chi connectivity index (χ1v) is 6.10. The van der Waals surface area contributed by atoms with Crippen molar-refractivity contribution in [3.05, 3.63) is 0 Å². The first-order valence-electron chi connectivity index (χ1n) is 6.10. The van der Waals surface area contributed by atoms with E-state index in [1.54, 1.807) is 0 Å². The summed E-state index contributed by atoms with van der Waals surface area (Å²) in [6.07, 6.45) is 3.16. The van der Waals surface area contributed by atoms with Crippen LogP contribution in [0.3, 0.4) is 0 Å². The van der Waals surface area contributed by atoms with E-state index in [0.29, 0.717) is 12.6 Å². The Bertz CT molecular complexity index is 241. The Morgan fingerprint density at radius 1 is 1.50 bits per heavy atom. The molecule has 2 aliphatic rings. The van der Waals surface area contributed by atoms with Crippen molar-refractivity contribution in [2.45, 2.75) is 31.3 Å². The Kier molecular flexibility index (Phi) is 4.01. The lowest BCUT2D eigenvalue weighted by Crippen LogP contribution is -2.49. The van der Waals surface area contributed by atoms with Gasteiger partial charge in [-0.1, -0.05) is 0 Å². The van der Waals surface area contributed by atoms with Gasteiger partial charge in [0.15, 0.2) is 0 Å². The molecule has 0 saturated carbocycles. The second-order valence-electron chi connectivity index (χ2n) is 4.56. The van der Waals surface area contributed by atoms with E-state index < -0.39 is 0 Å². The van der Waals surface area contributed by atoms with Crippen molar-refractivity contribution in [1.29, 1.82) is 0 Å². The molecule has 2 N–H and O–H groups in total. The Balaban J connectivity index is 1.82. The number of likely N-dealkylation sites (N-methyl/N-ethyl adjacent to an activating group) is 1. The van der Waals surface area contributed by atoms with Crippen LogP contribution in [0.15, 0.2) is 0 Å². The lowest BCUT2D eigenvalue weighted by atomic mass is 10.2. The molecule has 0 radical (unpaired) electrons. The van der Waals surface area contributed by atoms with Crippen molar-refractivity contribution in [2.24, 2.45) is 0 Å². The molecule has 0 aliphatic carbocycles.